The van der Waals surface area contributed by atoms with E-state index in [1.165, 1.54) is 105 Å². The third kappa shape index (κ3) is 20.6. The number of aromatic carboxylic acids is 6. The van der Waals surface area contributed by atoms with Gasteiger partial charge in [0.1, 0.15) is 22.3 Å². The van der Waals surface area contributed by atoms with E-state index in [0.29, 0.717) is 61.4 Å². The second-order valence-electron chi connectivity index (χ2n) is 20.1. The van der Waals surface area contributed by atoms with Gasteiger partial charge in [-0.3, -0.25) is 58.0 Å². The molecule has 12 rings (SSSR count). The summed E-state index contributed by atoms with van der Waals surface area (Å²) in [5.41, 5.74) is 8.90. The number of nitrogens with zero attached hydrogens (tertiary/aromatic N) is 19. The van der Waals surface area contributed by atoms with Gasteiger partial charge in [-0.05, 0) is 75.7 Å². The average molecular weight is 1400 g/mol. The van der Waals surface area contributed by atoms with Gasteiger partial charge in [0, 0.05) is 101 Å². The van der Waals surface area contributed by atoms with E-state index >= 15 is 0 Å². The first-order chi connectivity index (χ1) is 45.6. The fourth-order valence-corrected chi connectivity index (χ4v) is 9.70. The van der Waals surface area contributed by atoms with Crippen molar-refractivity contribution in [1.82, 2.24) is 93.6 Å². The molecule has 12 aromatic rings. The normalized spacial score (nSPS) is 10.1. The third-order valence-electron chi connectivity index (χ3n) is 13.3. The molecule has 12 heterocycles. The van der Waals surface area contributed by atoms with Crippen molar-refractivity contribution in [3.8, 4) is 72.6 Å². The average Bonchev–Trinajstić information content (AvgIpc) is 1.74. The number of thiazole rings is 1. The second kappa shape index (κ2) is 37.2. The Morgan fingerprint density at radius 2 is 0.869 bits per heavy atom. The summed E-state index contributed by atoms with van der Waals surface area (Å²) >= 11 is 1.42. The summed E-state index contributed by atoms with van der Waals surface area (Å²) in [5, 5.41) is 85.9. The number of aryl methyl sites for hydroxylation is 10. The molecule has 0 radical (unpaired) electrons. The summed E-state index contributed by atoms with van der Waals surface area (Å²) in [4.78, 5) is 94.8. The minimum atomic E-state index is -1.37. The number of ether oxygens (including phenoxy) is 1. The minimum Gasteiger partial charge on any atom is -0.543 e. The summed E-state index contributed by atoms with van der Waals surface area (Å²) in [6, 6.07) is 14.9. The molecule has 0 amide bonds. The maximum atomic E-state index is 13.0. The summed E-state index contributed by atoms with van der Waals surface area (Å²) in [7, 11) is 10.8. The van der Waals surface area contributed by atoms with E-state index in [4.69, 9.17) is 20.1 Å². The van der Waals surface area contributed by atoms with Crippen LogP contribution in [-0.2, 0) is 42.3 Å². The molecule has 99 heavy (non-hydrogen) atoms. The van der Waals surface area contributed by atoms with E-state index in [1.807, 2.05) is 57.3 Å². The van der Waals surface area contributed by atoms with Crippen molar-refractivity contribution in [3.05, 3.63) is 191 Å². The summed E-state index contributed by atoms with van der Waals surface area (Å²) in [6.45, 7) is 7.47. The minimum absolute atomic E-state index is 0. The van der Waals surface area contributed by atoms with Gasteiger partial charge >= 0.3 is 107 Å². The van der Waals surface area contributed by atoms with E-state index < -0.39 is 41.6 Å². The molecular weight excluding hydrogens is 1340 g/mol. The van der Waals surface area contributed by atoms with Crippen LogP contribution in [-0.4, -0.2) is 152 Å². The summed E-state index contributed by atoms with van der Waals surface area (Å²) in [6.07, 6.45) is 16.3. The predicted molar refractivity (Wildman–Crippen MR) is 334 cm³/mol. The number of aromatic nitrogens is 19. The molecule has 0 aromatic carbocycles. The first-order valence-electron chi connectivity index (χ1n) is 27.8. The Morgan fingerprint density at radius 1 is 0.434 bits per heavy atom. The second-order valence-corrected chi connectivity index (χ2v) is 21.0. The Balaban J connectivity index is 0.000000251. The van der Waals surface area contributed by atoms with Gasteiger partial charge in [0.05, 0.1) is 136 Å². The van der Waals surface area contributed by atoms with E-state index in [1.54, 1.807) is 71.2 Å². The predicted octanol–water partition coefficient (Wildman–Crippen LogP) is -5.07. The molecule has 0 aliphatic heterocycles. The molecule has 32 nitrogen and oxygen atoms in total. The molecule has 0 atom stereocenters. The molecule has 0 aliphatic rings. The first kappa shape index (κ1) is 81.5. The standard InChI is InChI=1S/C11H11N3O3.2C11H11N3O2.C10H8FN3O2.C10H10N4O2.C9H9N3O2S.3Na/c1-14-10(11(15)16)7(6-13-14)9-8(17-2)4-3-5-12-9;1-7-3-4-12-9(5-7)8-6-13-14(2)10(8)11(15)16;1-7-4-3-5-9(13-7)8-6-12-14(2)10(8)11(15)16;1-14-9(10(15)16)7(5-13-14)8-4-6(11)2-3-12-8;1-6-3-12-8(5-11-6)7-4-13-14(2)9(7)10(15)16;1-5-4-15-8(11-5)6-3-10-12(2)7(6)9(13)14;;;/h3-6H,1-2H3,(H,15,16);2*3-6H,1-2H3,(H,15,16);2-5H,1H3,(H,15,16);3-5H,1-2H3,(H,15,16);3-4H,1-2H3,(H,13,14);;;/q;;;;;;3*+1/p-3. The number of hydrogen-bond acceptors (Lipinski definition) is 24. The molecule has 494 valence electrons. The molecular formula is C62H57FN19Na3O13S. The van der Waals surface area contributed by atoms with Crippen LogP contribution in [0.1, 0.15) is 85.6 Å². The molecule has 0 spiro atoms. The maximum absolute atomic E-state index is 13.0. The number of hydrogen-bond donors (Lipinski definition) is 3. The van der Waals surface area contributed by atoms with Gasteiger partial charge in [-0.1, -0.05) is 6.07 Å². The van der Waals surface area contributed by atoms with Gasteiger partial charge in [-0.2, -0.15) is 30.6 Å². The van der Waals surface area contributed by atoms with Gasteiger partial charge in [0.15, 0.2) is 17.1 Å². The quantitative estimate of drug-likeness (QED) is 0.0909. The number of rotatable bonds is 13. The molecule has 0 bridgehead atoms. The van der Waals surface area contributed by atoms with Crippen LogP contribution in [0.2, 0.25) is 0 Å². The molecule has 0 saturated carbocycles. The Bertz CT molecular complexity index is 4580. The van der Waals surface area contributed by atoms with E-state index in [0.717, 1.165) is 33.4 Å². The van der Waals surface area contributed by atoms with Crippen LogP contribution in [0.15, 0.2) is 128 Å². The van der Waals surface area contributed by atoms with Crippen LogP contribution < -0.4 is 109 Å². The van der Waals surface area contributed by atoms with Crippen LogP contribution >= 0.6 is 11.3 Å². The van der Waals surface area contributed by atoms with Gasteiger partial charge in [0.25, 0.3) is 0 Å². The smallest absolute Gasteiger partial charge is 0.543 e. The molecule has 12 aromatic heterocycles. The molecule has 37 heteroatoms. The number of halogens is 1. The molecule has 0 aliphatic carbocycles. The molecule has 0 saturated heterocycles. The zero-order valence-electron chi connectivity index (χ0n) is 55.8. The Hall–Kier alpha value is -9.88. The number of carboxylic acids is 6. The van der Waals surface area contributed by atoms with Crippen molar-refractivity contribution in [2.24, 2.45) is 42.3 Å². The molecule has 3 N–H and O–H groups in total. The van der Waals surface area contributed by atoms with Crippen molar-refractivity contribution in [1.29, 1.82) is 0 Å². The fourth-order valence-electron chi connectivity index (χ4n) is 8.89. The van der Waals surface area contributed by atoms with E-state index in [2.05, 4.69) is 65.5 Å². The van der Waals surface area contributed by atoms with Gasteiger partial charge in [0.2, 0.25) is 0 Å². The Morgan fingerprint density at radius 3 is 1.29 bits per heavy atom. The van der Waals surface area contributed by atoms with Crippen molar-refractivity contribution in [2.75, 3.05) is 7.11 Å². The largest absolute Gasteiger partial charge is 1.00 e. The zero-order valence-corrected chi connectivity index (χ0v) is 62.6. The van der Waals surface area contributed by atoms with Gasteiger partial charge < -0.3 is 49.8 Å². The van der Waals surface area contributed by atoms with Crippen molar-refractivity contribution in [3.63, 3.8) is 0 Å². The van der Waals surface area contributed by atoms with E-state index in [9.17, 15) is 48.5 Å². The monoisotopic (exact) mass is 1400 g/mol. The van der Waals surface area contributed by atoms with Crippen molar-refractivity contribution in [2.45, 2.75) is 27.7 Å². The van der Waals surface area contributed by atoms with Crippen LogP contribution in [0.5, 0.6) is 5.75 Å². The number of methoxy groups -OCH3 is 1. The SMILES string of the molecule is COc1cccnc1-c1cnn(C)c1C(=O)[O-].Cc1cccc(-c2cnn(C)c2C(=O)O)n1.Cc1ccnc(-c2cnn(C)c2C(=O)[O-])c1.Cc1cnc(-c2cnn(C)c2C(=O)O)cn1.Cc1csc(-c2cnn(C)c2C(=O)O)n1.Cn1ncc(-c2cc(F)ccn2)c1C(=O)[O-].[Na+].[Na+].[Na+]. The molecule has 0 unspecified atom stereocenters. The Kier molecular flexibility index (Phi) is 30.6. The third-order valence-corrected chi connectivity index (χ3v) is 14.3. The van der Waals surface area contributed by atoms with Crippen LogP contribution in [0.25, 0.3) is 66.9 Å². The van der Waals surface area contributed by atoms with Crippen LogP contribution in [0.4, 0.5) is 4.39 Å². The van der Waals surface area contributed by atoms with Crippen LogP contribution in [0.3, 0.4) is 0 Å². The zero-order chi connectivity index (χ0) is 70.2. The van der Waals surface area contributed by atoms with Crippen molar-refractivity contribution < 1.29 is 157 Å². The number of carboxylic acid groups (broad SMARTS) is 6. The fraction of sp³-hybridized carbons (Fsp3) is 0.177. The first-order valence-corrected chi connectivity index (χ1v) is 28.7. The van der Waals surface area contributed by atoms with Crippen molar-refractivity contribution >= 4 is 47.2 Å². The van der Waals surface area contributed by atoms with Gasteiger partial charge in [-0.15, -0.1) is 11.3 Å². The number of pyridine rings is 4. The topological polar surface area (TPSA) is 439 Å². The molecule has 0 fully saturated rings. The van der Waals surface area contributed by atoms with Gasteiger partial charge in [-0.25, -0.2) is 23.8 Å². The maximum Gasteiger partial charge on any atom is 1.00 e. The summed E-state index contributed by atoms with van der Waals surface area (Å²) < 4.78 is 25.7. The summed E-state index contributed by atoms with van der Waals surface area (Å²) in [5.74, 6) is -6.94. The Labute approximate surface area is 632 Å². The number of carbonyl (C=O) groups is 6. The van der Waals surface area contributed by atoms with E-state index in [-0.39, 0.29) is 134 Å². The number of carbonyl (C=O) groups excluding carboxylic acids is 3. The van der Waals surface area contributed by atoms with Crippen LogP contribution in [0, 0.1) is 33.5 Å².